The van der Waals surface area contributed by atoms with Crippen LogP contribution in [0.5, 0.6) is 11.6 Å². The Labute approximate surface area is 126 Å². The first-order valence-corrected chi connectivity index (χ1v) is 7.57. The van der Waals surface area contributed by atoms with Gasteiger partial charge in [0.2, 0.25) is 5.88 Å². The number of nitrogens with zero attached hydrogens (tertiary/aromatic N) is 2. The molecule has 1 heterocycles. The maximum absolute atomic E-state index is 5.93. The van der Waals surface area contributed by atoms with Gasteiger partial charge in [-0.15, -0.1) is 5.10 Å². The minimum Gasteiger partial charge on any atom is -0.437 e. The molecule has 0 saturated heterocycles. The van der Waals surface area contributed by atoms with Gasteiger partial charge in [0.1, 0.15) is 5.75 Å². The fourth-order valence-corrected chi connectivity index (χ4v) is 2.46. The van der Waals surface area contributed by atoms with Gasteiger partial charge >= 0.3 is 0 Å². The van der Waals surface area contributed by atoms with Crippen LogP contribution in [0.4, 0.5) is 0 Å². The van der Waals surface area contributed by atoms with Crippen molar-refractivity contribution < 1.29 is 4.74 Å². The molecule has 0 saturated carbocycles. The van der Waals surface area contributed by atoms with E-state index in [2.05, 4.69) is 37.0 Å². The van der Waals surface area contributed by atoms with E-state index in [0.717, 1.165) is 41.8 Å². The van der Waals surface area contributed by atoms with Crippen LogP contribution in [0.1, 0.15) is 43.2 Å². The zero-order valence-electron chi connectivity index (χ0n) is 13.0. The molecule has 112 valence electrons. The maximum atomic E-state index is 5.93. The summed E-state index contributed by atoms with van der Waals surface area (Å²) < 4.78 is 5.93. The summed E-state index contributed by atoms with van der Waals surface area (Å²) in [6.45, 7) is 6.72. The third-order valence-corrected chi connectivity index (χ3v) is 3.65. The van der Waals surface area contributed by atoms with Crippen LogP contribution in [0.3, 0.4) is 0 Å². The number of ether oxygens (including phenoxy) is 1. The molecule has 21 heavy (non-hydrogen) atoms. The van der Waals surface area contributed by atoms with Crippen LogP contribution < -0.4 is 10.5 Å². The molecule has 0 unspecified atom stereocenters. The zero-order valence-corrected chi connectivity index (χ0v) is 13.0. The first kappa shape index (κ1) is 15.4. The molecule has 2 rings (SSSR count). The minimum atomic E-state index is 0.411. The summed E-state index contributed by atoms with van der Waals surface area (Å²) in [7, 11) is 0. The fourth-order valence-electron chi connectivity index (χ4n) is 2.46. The standard InChI is InChI=1S/C17H23N3O/c1-4-12-8-7-9-13(10-12)21-17-15(11-18)14(5-2)16(6-3)19-20-17/h7-10H,4-6,11,18H2,1-3H3. The second kappa shape index (κ2) is 7.18. The molecule has 0 aliphatic carbocycles. The van der Waals surface area contributed by atoms with Crippen molar-refractivity contribution in [1.29, 1.82) is 0 Å². The van der Waals surface area contributed by atoms with Crippen molar-refractivity contribution in [2.45, 2.75) is 46.6 Å². The number of aryl methyl sites for hydroxylation is 2. The lowest BCUT2D eigenvalue weighted by Gasteiger charge is -2.14. The summed E-state index contributed by atoms with van der Waals surface area (Å²) in [6, 6.07) is 8.03. The molecule has 0 fully saturated rings. The van der Waals surface area contributed by atoms with E-state index in [-0.39, 0.29) is 0 Å². The summed E-state index contributed by atoms with van der Waals surface area (Å²) >= 11 is 0. The van der Waals surface area contributed by atoms with Gasteiger partial charge in [-0.25, -0.2) is 0 Å². The molecule has 0 spiro atoms. The molecule has 1 aromatic heterocycles. The molecule has 2 aromatic rings. The predicted molar refractivity (Wildman–Crippen MR) is 84.6 cm³/mol. The average molecular weight is 285 g/mol. The molecule has 4 nitrogen and oxygen atoms in total. The highest BCUT2D eigenvalue weighted by atomic mass is 16.5. The van der Waals surface area contributed by atoms with E-state index >= 15 is 0 Å². The molecule has 0 bridgehead atoms. The first-order chi connectivity index (χ1) is 10.2. The van der Waals surface area contributed by atoms with Crippen LogP contribution in [0.15, 0.2) is 24.3 Å². The van der Waals surface area contributed by atoms with Gasteiger partial charge in [0.25, 0.3) is 0 Å². The molecular weight excluding hydrogens is 262 g/mol. The number of benzene rings is 1. The number of hydrogen-bond acceptors (Lipinski definition) is 4. The quantitative estimate of drug-likeness (QED) is 0.883. The highest BCUT2D eigenvalue weighted by molar-refractivity contribution is 5.40. The Kier molecular flexibility index (Phi) is 5.28. The van der Waals surface area contributed by atoms with Gasteiger partial charge in [-0.1, -0.05) is 32.9 Å². The highest BCUT2D eigenvalue weighted by Gasteiger charge is 2.15. The molecule has 0 aliphatic rings. The Morgan fingerprint density at radius 1 is 1.00 bits per heavy atom. The largest absolute Gasteiger partial charge is 0.437 e. The summed E-state index contributed by atoms with van der Waals surface area (Å²) in [4.78, 5) is 0. The Morgan fingerprint density at radius 2 is 1.81 bits per heavy atom. The van der Waals surface area contributed by atoms with Crippen molar-refractivity contribution in [1.82, 2.24) is 10.2 Å². The van der Waals surface area contributed by atoms with Crippen LogP contribution in [0.2, 0.25) is 0 Å². The number of aromatic nitrogens is 2. The normalized spacial score (nSPS) is 10.7. The van der Waals surface area contributed by atoms with E-state index in [1.165, 1.54) is 5.56 Å². The van der Waals surface area contributed by atoms with Gasteiger partial charge in [-0.05, 0) is 42.5 Å². The van der Waals surface area contributed by atoms with Crippen molar-refractivity contribution in [3.63, 3.8) is 0 Å². The van der Waals surface area contributed by atoms with Gasteiger partial charge in [-0.3, -0.25) is 0 Å². The Hall–Kier alpha value is -1.94. The average Bonchev–Trinajstić information content (AvgIpc) is 2.54. The summed E-state index contributed by atoms with van der Waals surface area (Å²) in [5.41, 5.74) is 10.3. The molecule has 0 amide bonds. The highest BCUT2D eigenvalue weighted by Crippen LogP contribution is 2.27. The van der Waals surface area contributed by atoms with Crippen LogP contribution >= 0.6 is 0 Å². The lowest BCUT2D eigenvalue weighted by Crippen LogP contribution is -2.10. The molecule has 0 atom stereocenters. The van der Waals surface area contributed by atoms with E-state index < -0.39 is 0 Å². The SMILES string of the molecule is CCc1cccc(Oc2nnc(CC)c(CC)c2CN)c1. The Balaban J connectivity index is 2.39. The van der Waals surface area contributed by atoms with Gasteiger partial charge < -0.3 is 10.5 Å². The third kappa shape index (κ3) is 3.39. The number of nitrogens with two attached hydrogens (primary N) is 1. The topological polar surface area (TPSA) is 61.0 Å². The molecule has 0 radical (unpaired) electrons. The second-order valence-electron chi connectivity index (χ2n) is 4.92. The lowest BCUT2D eigenvalue weighted by molar-refractivity contribution is 0.445. The van der Waals surface area contributed by atoms with E-state index in [0.29, 0.717) is 12.4 Å². The monoisotopic (exact) mass is 285 g/mol. The van der Waals surface area contributed by atoms with Crippen molar-refractivity contribution >= 4 is 0 Å². The number of hydrogen-bond donors (Lipinski definition) is 1. The third-order valence-electron chi connectivity index (χ3n) is 3.65. The van der Waals surface area contributed by atoms with E-state index in [4.69, 9.17) is 10.5 Å². The second-order valence-corrected chi connectivity index (χ2v) is 4.92. The van der Waals surface area contributed by atoms with Gasteiger partial charge in [0.05, 0.1) is 5.69 Å². The van der Waals surface area contributed by atoms with Gasteiger partial charge in [0, 0.05) is 12.1 Å². The molecule has 4 heteroatoms. The Bertz CT molecular complexity index is 611. The fraction of sp³-hybridized carbons (Fsp3) is 0.412. The van der Waals surface area contributed by atoms with Crippen molar-refractivity contribution in [2.75, 3.05) is 0 Å². The summed E-state index contributed by atoms with van der Waals surface area (Å²) in [5.74, 6) is 1.31. The molecule has 1 aromatic carbocycles. The molecule has 0 aliphatic heterocycles. The zero-order chi connectivity index (χ0) is 15.2. The molecule has 2 N–H and O–H groups in total. The van der Waals surface area contributed by atoms with E-state index in [9.17, 15) is 0 Å². The summed E-state index contributed by atoms with van der Waals surface area (Å²) in [6.07, 6.45) is 2.72. The maximum Gasteiger partial charge on any atom is 0.243 e. The first-order valence-electron chi connectivity index (χ1n) is 7.57. The van der Waals surface area contributed by atoms with E-state index in [1.54, 1.807) is 0 Å². The molecular formula is C17H23N3O. The van der Waals surface area contributed by atoms with Crippen molar-refractivity contribution in [2.24, 2.45) is 5.73 Å². The Morgan fingerprint density at radius 3 is 2.43 bits per heavy atom. The predicted octanol–water partition coefficient (Wildman–Crippen LogP) is 3.41. The lowest BCUT2D eigenvalue weighted by atomic mass is 10.0. The van der Waals surface area contributed by atoms with Gasteiger partial charge in [0.15, 0.2) is 0 Å². The van der Waals surface area contributed by atoms with Crippen molar-refractivity contribution in [3.05, 3.63) is 46.6 Å². The number of rotatable bonds is 6. The van der Waals surface area contributed by atoms with E-state index in [1.807, 2.05) is 18.2 Å². The smallest absolute Gasteiger partial charge is 0.243 e. The summed E-state index contributed by atoms with van der Waals surface area (Å²) in [5, 5.41) is 8.51. The van der Waals surface area contributed by atoms with Crippen LogP contribution in [0.25, 0.3) is 0 Å². The minimum absolute atomic E-state index is 0.411. The van der Waals surface area contributed by atoms with Gasteiger partial charge in [-0.2, -0.15) is 5.10 Å². The van der Waals surface area contributed by atoms with Crippen LogP contribution in [0, 0.1) is 0 Å². The van der Waals surface area contributed by atoms with Crippen LogP contribution in [-0.2, 0) is 25.8 Å². The van der Waals surface area contributed by atoms with Crippen LogP contribution in [-0.4, -0.2) is 10.2 Å². The van der Waals surface area contributed by atoms with Crippen molar-refractivity contribution in [3.8, 4) is 11.6 Å².